The van der Waals surface area contributed by atoms with Gasteiger partial charge in [0.2, 0.25) is 11.8 Å². The Morgan fingerprint density at radius 2 is 1.94 bits per heavy atom. The Hall–Kier alpha value is -3.64. The van der Waals surface area contributed by atoms with Crippen molar-refractivity contribution in [1.82, 2.24) is 10.6 Å². The van der Waals surface area contributed by atoms with Crippen LogP contribution in [0.1, 0.15) is 24.5 Å². The van der Waals surface area contributed by atoms with Crippen LogP contribution in [0.4, 0.5) is 5.69 Å². The number of ether oxygens (including phenoxy) is 1. The van der Waals surface area contributed by atoms with Crippen molar-refractivity contribution in [2.75, 3.05) is 18.6 Å². The Morgan fingerprint density at radius 1 is 1.18 bits per heavy atom. The molecule has 6 heteroatoms. The number of carbonyl (C=O) groups is 2. The van der Waals surface area contributed by atoms with Crippen molar-refractivity contribution >= 4 is 28.3 Å². The molecule has 176 valence electrons. The first-order valence-corrected chi connectivity index (χ1v) is 11.6. The second kappa shape index (κ2) is 10.5. The maximum atomic E-state index is 13.9. The Kier molecular flexibility index (Phi) is 7.28. The molecule has 1 aliphatic rings. The maximum absolute atomic E-state index is 13.9. The lowest BCUT2D eigenvalue weighted by atomic mass is 10.0. The number of fused-ring (bicyclic) bond motifs is 2. The van der Waals surface area contributed by atoms with Crippen LogP contribution in [0.3, 0.4) is 0 Å². The topological polar surface area (TPSA) is 70.7 Å². The predicted molar refractivity (Wildman–Crippen MR) is 136 cm³/mol. The highest BCUT2D eigenvalue weighted by molar-refractivity contribution is 6.01. The molecule has 0 saturated carbocycles. The van der Waals surface area contributed by atoms with Gasteiger partial charge in [0, 0.05) is 11.3 Å². The van der Waals surface area contributed by atoms with Gasteiger partial charge in [-0.25, -0.2) is 0 Å². The van der Waals surface area contributed by atoms with Crippen molar-refractivity contribution in [2.24, 2.45) is 0 Å². The van der Waals surface area contributed by atoms with Gasteiger partial charge in [0.15, 0.2) is 0 Å². The molecule has 1 aliphatic heterocycles. The van der Waals surface area contributed by atoms with Gasteiger partial charge in [0.1, 0.15) is 18.4 Å². The van der Waals surface area contributed by atoms with Gasteiger partial charge in [-0.1, -0.05) is 61.2 Å². The van der Waals surface area contributed by atoms with Gasteiger partial charge >= 0.3 is 0 Å². The minimum Gasteiger partial charge on any atom is -0.489 e. The fourth-order valence-electron chi connectivity index (χ4n) is 4.36. The largest absolute Gasteiger partial charge is 0.489 e. The summed E-state index contributed by atoms with van der Waals surface area (Å²) in [5.74, 6) is 0.411. The highest BCUT2D eigenvalue weighted by atomic mass is 16.5. The van der Waals surface area contributed by atoms with E-state index in [0.717, 1.165) is 33.3 Å². The van der Waals surface area contributed by atoms with Crippen LogP contribution in [0.15, 0.2) is 73.3 Å². The van der Waals surface area contributed by atoms with E-state index < -0.39 is 6.04 Å². The molecular weight excluding hydrogens is 426 g/mol. The molecule has 2 amide bonds. The lowest BCUT2D eigenvalue weighted by molar-refractivity contribution is -0.128. The molecule has 34 heavy (non-hydrogen) atoms. The summed E-state index contributed by atoms with van der Waals surface area (Å²) in [5, 5.41) is 8.00. The SMILES string of the molecule is C=CCOc1ccc2ccccc2c1CN1C(=O)[C@@H](NC(=O)C(C)NC)CCc2ccccc21. The third-order valence-corrected chi connectivity index (χ3v) is 6.36. The zero-order chi connectivity index (χ0) is 24.1. The van der Waals surface area contributed by atoms with Crippen molar-refractivity contribution in [1.29, 1.82) is 0 Å². The molecule has 6 nitrogen and oxygen atoms in total. The van der Waals surface area contributed by atoms with Crippen LogP contribution in [0, 0.1) is 0 Å². The normalized spacial score (nSPS) is 16.5. The van der Waals surface area contributed by atoms with E-state index in [1.54, 1.807) is 24.9 Å². The Bertz CT molecular complexity index is 1210. The van der Waals surface area contributed by atoms with Crippen molar-refractivity contribution < 1.29 is 14.3 Å². The van der Waals surface area contributed by atoms with Gasteiger partial charge in [-0.2, -0.15) is 0 Å². The van der Waals surface area contributed by atoms with E-state index in [0.29, 0.717) is 26.0 Å². The van der Waals surface area contributed by atoms with Crippen molar-refractivity contribution in [3.05, 3.63) is 84.4 Å². The molecule has 0 saturated heterocycles. The highest BCUT2D eigenvalue weighted by Gasteiger charge is 2.32. The van der Waals surface area contributed by atoms with Crippen LogP contribution < -0.4 is 20.3 Å². The molecule has 0 spiro atoms. The number of amides is 2. The Balaban J connectivity index is 1.76. The molecule has 0 bridgehead atoms. The monoisotopic (exact) mass is 457 g/mol. The van der Waals surface area contributed by atoms with Gasteiger partial charge < -0.3 is 20.3 Å². The summed E-state index contributed by atoms with van der Waals surface area (Å²) in [5.41, 5.74) is 2.88. The van der Waals surface area contributed by atoms with Crippen LogP contribution >= 0.6 is 0 Å². The van der Waals surface area contributed by atoms with Crippen LogP contribution in [0.5, 0.6) is 5.75 Å². The van der Waals surface area contributed by atoms with Gasteiger partial charge in [-0.15, -0.1) is 0 Å². The molecule has 3 aromatic carbocycles. The lowest BCUT2D eigenvalue weighted by Gasteiger charge is -2.28. The number of nitrogens with one attached hydrogen (secondary N) is 2. The van der Waals surface area contributed by atoms with Crippen molar-refractivity contribution in [3.63, 3.8) is 0 Å². The molecule has 0 fully saturated rings. The zero-order valence-electron chi connectivity index (χ0n) is 19.7. The van der Waals surface area contributed by atoms with Crippen LogP contribution in [0.2, 0.25) is 0 Å². The average Bonchev–Trinajstić information content (AvgIpc) is 2.99. The van der Waals surface area contributed by atoms with Crippen LogP contribution in [0.25, 0.3) is 10.8 Å². The Morgan fingerprint density at radius 3 is 2.74 bits per heavy atom. The number of anilines is 1. The number of rotatable bonds is 8. The number of hydrogen-bond donors (Lipinski definition) is 2. The Labute approximate surface area is 200 Å². The third-order valence-electron chi connectivity index (χ3n) is 6.36. The minimum absolute atomic E-state index is 0.121. The van der Waals surface area contributed by atoms with E-state index in [1.165, 1.54) is 0 Å². The summed E-state index contributed by atoms with van der Waals surface area (Å²) < 4.78 is 5.99. The van der Waals surface area contributed by atoms with Gasteiger partial charge in [0.25, 0.3) is 0 Å². The predicted octanol–water partition coefficient (Wildman–Crippen LogP) is 3.98. The summed E-state index contributed by atoms with van der Waals surface area (Å²) in [6.45, 7) is 6.24. The van der Waals surface area contributed by atoms with E-state index in [1.807, 2.05) is 54.6 Å². The second-order valence-corrected chi connectivity index (χ2v) is 8.53. The molecule has 2 N–H and O–H groups in total. The summed E-state index contributed by atoms with van der Waals surface area (Å²) in [6, 6.07) is 19.0. The number of likely N-dealkylation sites (N-methyl/N-ethyl adjacent to an activating group) is 1. The van der Waals surface area contributed by atoms with E-state index in [9.17, 15) is 9.59 Å². The first-order valence-electron chi connectivity index (χ1n) is 11.6. The molecule has 4 rings (SSSR count). The maximum Gasteiger partial charge on any atom is 0.249 e. The lowest BCUT2D eigenvalue weighted by Crippen LogP contribution is -2.52. The number of para-hydroxylation sites is 1. The third kappa shape index (κ3) is 4.82. The highest BCUT2D eigenvalue weighted by Crippen LogP contribution is 2.34. The van der Waals surface area contributed by atoms with Gasteiger partial charge in [0.05, 0.1) is 12.6 Å². The molecule has 3 aromatic rings. The molecule has 0 aromatic heterocycles. The van der Waals surface area contributed by atoms with Gasteiger partial charge in [-0.3, -0.25) is 9.59 Å². The number of benzene rings is 3. The quantitative estimate of drug-likeness (QED) is 0.502. The second-order valence-electron chi connectivity index (χ2n) is 8.53. The molecule has 2 atom stereocenters. The van der Waals surface area contributed by atoms with Crippen molar-refractivity contribution in [2.45, 2.75) is 38.4 Å². The fraction of sp³-hybridized carbons (Fsp3) is 0.286. The molecular formula is C28H31N3O3. The summed E-state index contributed by atoms with van der Waals surface area (Å²) >= 11 is 0. The first-order chi connectivity index (χ1) is 16.5. The number of nitrogens with zero attached hydrogens (tertiary/aromatic N) is 1. The van der Waals surface area contributed by atoms with Gasteiger partial charge in [-0.05, 0) is 55.3 Å². The summed E-state index contributed by atoms with van der Waals surface area (Å²) in [7, 11) is 1.73. The first kappa shape index (κ1) is 23.5. The van der Waals surface area contributed by atoms with E-state index in [-0.39, 0.29) is 17.9 Å². The number of hydrogen-bond acceptors (Lipinski definition) is 4. The molecule has 1 heterocycles. The van der Waals surface area contributed by atoms with Crippen LogP contribution in [-0.2, 0) is 22.6 Å². The molecule has 0 radical (unpaired) electrons. The van der Waals surface area contributed by atoms with Crippen molar-refractivity contribution in [3.8, 4) is 5.75 Å². The fourth-order valence-corrected chi connectivity index (χ4v) is 4.36. The van der Waals surface area contributed by atoms with E-state index in [2.05, 4.69) is 23.3 Å². The molecule has 0 aliphatic carbocycles. The molecule has 1 unspecified atom stereocenters. The zero-order valence-corrected chi connectivity index (χ0v) is 19.7. The van der Waals surface area contributed by atoms with E-state index in [4.69, 9.17) is 4.74 Å². The number of carbonyl (C=O) groups excluding carboxylic acids is 2. The van der Waals surface area contributed by atoms with E-state index >= 15 is 0 Å². The number of aryl methyl sites for hydroxylation is 1. The summed E-state index contributed by atoms with van der Waals surface area (Å²) in [4.78, 5) is 28.3. The smallest absolute Gasteiger partial charge is 0.249 e. The minimum atomic E-state index is -0.608. The summed E-state index contributed by atoms with van der Waals surface area (Å²) in [6.07, 6.45) is 2.95. The standard InChI is InChI=1S/C28H31N3O3/c1-4-17-34-26-16-14-20-9-5-7-11-22(20)23(26)18-31-25-12-8-6-10-21(25)13-15-24(28(31)33)30-27(32)19(2)29-3/h4-12,14,16,19,24,29H,1,13,15,17-18H2,2-3H3,(H,30,32)/t19?,24-/m0/s1. The average molecular weight is 458 g/mol. The van der Waals surface area contributed by atoms with Crippen LogP contribution in [-0.4, -0.2) is 37.6 Å².